The third-order valence-corrected chi connectivity index (χ3v) is 19.2. The number of aromatic nitrogens is 3. The lowest BCUT2D eigenvalue weighted by atomic mass is 9.72. The van der Waals surface area contributed by atoms with Crippen molar-refractivity contribution < 1.29 is 38.1 Å². The molecular weight excluding hydrogens is 957 g/mol. The van der Waals surface area contributed by atoms with Gasteiger partial charge in [0.05, 0.1) is 67.9 Å². The summed E-state index contributed by atoms with van der Waals surface area (Å²) in [6.07, 6.45) is 12.1. The number of hydrogen-bond donors (Lipinski definition) is 2. The second-order valence-corrected chi connectivity index (χ2v) is 25.4. The van der Waals surface area contributed by atoms with Crippen LogP contribution in [0.2, 0.25) is 0 Å². The standard InChI is InChI=1S/C57H74N8O8S/c1-33-38-23-57(24-38,73-33)54(68)60-48-50(63-28-56(29-63)31-70-32-56)51-59-45(27-74-51)36-8-13-46-41(21-36)43(25-55(3,4)30-72-53(67)44-7-6-16-65(61-44)52(48)66)49(64(46)19-20-71-40-11-12-40)42-22-37(26-58-47(42)34(2)69-5)35-14-17-62(18-15-35)39-9-10-39/h8,13,21-22,26-27,33-35,38-40,44,48,50,61H,6-7,9-12,14-20,23-25,28-32H2,1-5H3,(H,60,68)/t33-,34-,38?,44-,48-,50-,57?/m0/s1. The van der Waals surface area contributed by atoms with E-state index in [9.17, 15) is 9.59 Å². The number of hydrazine groups is 1. The number of pyridine rings is 1. The number of cyclic esters (lactones) is 1. The molecule has 7 aliphatic heterocycles. The molecule has 1 aromatic carbocycles. The summed E-state index contributed by atoms with van der Waals surface area (Å²) in [5, 5.41) is 8.79. The third kappa shape index (κ3) is 9.01. The van der Waals surface area contributed by atoms with Crippen LogP contribution in [0.25, 0.3) is 33.4 Å². The maximum Gasteiger partial charge on any atom is 0.324 e. The lowest BCUT2D eigenvalue weighted by Crippen LogP contribution is -2.70. The number of ether oxygens (including phenoxy) is 5. The minimum atomic E-state index is -1.02. The van der Waals surface area contributed by atoms with Gasteiger partial charge in [-0.2, -0.15) is 0 Å². The number of fused-ring (bicyclic) bond motifs is 7. The van der Waals surface area contributed by atoms with Crippen LogP contribution in [0.4, 0.5) is 0 Å². The molecule has 10 aliphatic rings. The number of methoxy groups -OCH3 is 1. The average molecular weight is 1030 g/mol. The highest BCUT2D eigenvalue weighted by Gasteiger charge is 2.62. The van der Waals surface area contributed by atoms with E-state index in [-0.39, 0.29) is 36.0 Å². The van der Waals surface area contributed by atoms with E-state index in [4.69, 9.17) is 33.7 Å². The van der Waals surface area contributed by atoms with Crippen molar-refractivity contribution in [2.24, 2.45) is 16.7 Å². The molecule has 9 fully saturated rings. The molecular formula is C57H74N8O8S. The van der Waals surface area contributed by atoms with Crippen LogP contribution in [0.5, 0.6) is 0 Å². The number of likely N-dealkylation sites (tertiary alicyclic amines) is 2. The molecule has 8 bridgehead atoms. The van der Waals surface area contributed by atoms with Crippen molar-refractivity contribution in [3.63, 3.8) is 0 Å². The summed E-state index contributed by atoms with van der Waals surface area (Å²) in [4.78, 5) is 60.0. The number of nitrogens with one attached hydrogen (secondary N) is 2. The van der Waals surface area contributed by atoms with Gasteiger partial charge in [0, 0.05) is 83.8 Å². The molecule has 0 unspecified atom stereocenters. The van der Waals surface area contributed by atoms with Crippen molar-refractivity contribution in [1.29, 1.82) is 0 Å². The zero-order chi connectivity index (χ0) is 50.7. The first kappa shape index (κ1) is 49.3. The number of carbonyl (C=O) groups excluding carboxylic acids is 3. The molecule has 17 heteroatoms. The van der Waals surface area contributed by atoms with Crippen molar-refractivity contribution in [1.82, 2.24) is 40.1 Å². The molecule has 2 amide bonds. The van der Waals surface area contributed by atoms with Crippen LogP contribution in [0, 0.1) is 16.7 Å². The summed E-state index contributed by atoms with van der Waals surface area (Å²) >= 11 is 1.53. The second kappa shape index (κ2) is 19.0. The van der Waals surface area contributed by atoms with Gasteiger partial charge in [-0.15, -0.1) is 11.3 Å². The van der Waals surface area contributed by atoms with Crippen LogP contribution in [0.1, 0.15) is 132 Å². The molecule has 16 nitrogen and oxygen atoms in total. The summed E-state index contributed by atoms with van der Waals surface area (Å²) in [6, 6.07) is 7.52. The molecule has 4 aromatic rings. The first-order valence-electron chi connectivity index (χ1n) is 27.8. The number of carbonyl (C=O) groups is 3. The summed E-state index contributed by atoms with van der Waals surface area (Å²) in [6.45, 7) is 15.2. The molecule has 0 radical (unpaired) electrons. The number of piperidine rings is 1. The van der Waals surface area contributed by atoms with Gasteiger partial charge in [-0.05, 0) is 139 Å². The molecule has 14 rings (SSSR count). The van der Waals surface area contributed by atoms with E-state index in [0.29, 0.717) is 96.0 Å². The van der Waals surface area contributed by atoms with Crippen molar-refractivity contribution >= 4 is 40.0 Å². The normalized spacial score (nSPS) is 30.6. The monoisotopic (exact) mass is 1030 g/mol. The fourth-order valence-electron chi connectivity index (χ4n) is 13.5. The Balaban J connectivity index is 0.950. The lowest BCUT2D eigenvalue weighted by molar-refractivity contribution is -0.203. The van der Waals surface area contributed by atoms with Gasteiger partial charge in [-0.3, -0.25) is 29.3 Å². The number of hydrogen-bond acceptors (Lipinski definition) is 14. The first-order valence-corrected chi connectivity index (χ1v) is 28.7. The van der Waals surface area contributed by atoms with E-state index in [1.165, 1.54) is 29.7 Å². The number of esters is 1. The zero-order valence-electron chi connectivity index (χ0n) is 43.9. The van der Waals surface area contributed by atoms with Gasteiger partial charge >= 0.3 is 5.97 Å². The van der Waals surface area contributed by atoms with Gasteiger partial charge in [0.1, 0.15) is 22.7 Å². The second-order valence-electron chi connectivity index (χ2n) is 24.5. The molecule has 10 heterocycles. The number of thiazole rings is 1. The van der Waals surface area contributed by atoms with Gasteiger partial charge < -0.3 is 38.5 Å². The Morgan fingerprint density at radius 3 is 2.50 bits per heavy atom. The highest BCUT2D eigenvalue weighted by Crippen LogP contribution is 2.53. The van der Waals surface area contributed by atoms with Crippen molar-refractivity contribution in [2.45, 2.75) is 159 Å². The average Bonchev–Trinajstić information content (AvgIpc) is 4.26. The molecule has 3 aromatic heterocycles. The largest absolute Gasteiger partial charge is 0.464 e. The van der Waals surface area contributed by atoms with Crippen molar-refractivity contribution in [2.75, 3.05) is 66.3 Å². The van der Waals surface area contributed by atoms with E-state index in [1.807, 2.05) is 6.92 Å². The number of rotatable bonds is 12. The van der Waals surface area contributed by atoms with E-state index >= 15 is 4.79 Å². The number of benzene rings is 1. The molecule has 74 heavy (non-hydrogen) atoms. The van der Waals surface area contributed by atoms with Gasteiger partial charge in [-0.1, -0.05) is 19.9 Å². The van der Waals surface area contributed by atoms with Gasteiger partial charge in [0.15, 0.2) is 0 Å². The maximum atomic E-state index is 15.3. The summed E-state index contributed by atoms with van der Waals surface area (Å²) in [7, 11) is 1.76. The van der Waals surface area contributed by atoms with Crippen LogP contribution < -0.4 is 10.7 Å². The number of nitrogens with zero attached hydrogens (tertiary/aromatic N) is 6. The zero-order valence-corrected chi connectivity index (χ0v) is 44.7. The van der Waals surface area contributed by atoms with Crippen molar-refractivity contribution in [3.05, 3.63) is 57.7 Å². The van der Waals surface area contributed by atoms with E-state index in [2.05, 4.69) is 81.7 Å². The summed E-state index contributed by atoms with van der Waals surface area (Å²) < 4.78 is 33.4. The van der Waals surface area contributed by atoms with Gasteiger partial charge in [-0.25, -0.2) is 10.4 Å². The Hall–Kier alpha value is -4.33. The predicted octanol–water partition coefficient (Wildman–Crippen LogP) is 7.10. The Morgan fingerprint density at radius 1 is 1.00 bits per heavy atom. The predicted molar refractivity (Wildman–Crippen MR) is 279 cm³/mol. The molecule has 5 atom stereocenters. The number of amides is 2. The van der Waals surface area contributed by atoms with Crippen LogP contribution in [-0.2, 0) is 51.0 Å². The molecule has 2 N–H and O–H groups in total. The van der Waals surface area contributed by atoms with Crippen molar-refractivity contribution in [3.8, 4) is 22.5 Å². The Morgan fingerprint density at radius 2 is 1.80 bits per heavy atom. The van der Waals surface area contributed by atoms with Gasteiger partial charge in [0.2, 0.25) is 0 Å². The topological polar surface area (TPSA) is 162 Å². The molecule has 3 aliphatic carbocycles. The Labute approximate surface area is 438 Å². The van der Waals surface area contributed by atoms with Crippen LogP contribution in [0.3, 0.4) is 0 Å². The van der Waals surface area contributed by atoms with Crippen LogP contribution >= 0.6 is 11.3 Å². The summed E-state index contributed by atoms with van der Waals surface area (Å²) in [5.41, 5.74) is 10.2. The first-order chi connectivity index (χ1) is 35.8. The third-order valence-electron chi connectivity index (χ3n) is 18.3. The fourth-order valence-corrected chi connectivity index (χ4v) is 14.5. The molecule has 6 saturated heterocycles. The Bertz CT molecular complexity index is 2810. The van der Waals surface area contributed by atoms with E-state index in [1.54, 1.807) is 12.1 Å². The van der Waals surface area contributed by atoms with E-state index < -0.39 is 35.1 Å². The fraction of sp³-hybridized carbons (Fsp3) is 0.667. The van der Waals surface area contributed by atoms with Gasteiger partial charge in [0.25, 0.3) is 11.8 Å². The summed E-state index contributed by atoms with van der Waals surface area (Å²) in [5.74, 6) is -0.239. The minimum absolute atomic E-state index is 0.0131. The Kier molecular flexibility index (Phi) is 12.6. The SMILES string of the molecule is CO[C@@H](C)c1ncc(C2CCN(C3CC3)CC2)cc1-c1c2c3cc(ccc3n1CCOC1CC1)-c1csc(n1)[C@@H](N1CC3(COC3)C1)[C@H](NC(=O)C13CC(C1)[C@H](C)O3)C(=O)N1CCC[C@H](N1)C(=O)OCC(C)(C)C2. The minimum Gasteiger partial charge on any atom is -0.464 e. The van der Waals surface area contributed by atoms with E-state index in [0.717, 1.165) is 94.5 Å². The molecule has 3 saturated carbocycles. The highest BCUT2D eigenvalue weighted by molar-refractivity contribution is 7.10. The smallest absolute Gasteiger partial charge is 0.324 e. The highest BCUT2D eigenvalue weighted by atomic mass is 32.1. The maximum absolute atomic E-state index is 15.3. The lowest BCUT2D eigenvalue weighted by Gasteiger charge is -2.58. The quantitative estimate of drug-likeness (QED) is 0.139. The molecule has 1 spiro atoms. The molecule has 396 valence electrons. The van der Waals surface area contributed by atoms with Crippen LogP contribution in [0.15, 0.2) is 35.8 Å². The van der Waals surface area contributed by atoms with Crippen LogP contribution in [-0.4, -0.2) is 149 Å².